The zero-order chi connectivity index (χ0) is 16.6. The summed E-state index contributed by atoms with van der Waals surface area (Å²) in [6.45, 7) is 0. The Labute approximate surface area is 147 Å². The largest absolute Gasteiger partial charge is 0.279 e. The van der Waals surface area contributed by atoms with Crippen LogP contribution in [0, 0.1) is 0 Å². The molecule has 24 heavy (non-hydrogen) atoms. The lowest BCUT2D eigenvalue weighted by Gasteiger charge is -2.07. The van der Waals surface area contributed by atoms with E-state index in [1.807, 2.05) is 42.5 Å². The van der Waals surface area contributed by atoms with Crippen molar-refractivity contribution in [1.82, 2.24) is 4.98 Å². The number of sulfonamides is 1. The van der Waals surface area contributed by atoms with E-state index in [4.69, 9.17) is 0 Å². The Hall–Kier alpha value is -2.22. The second-order valence-electron chi connectivity index (χ2n) is 5.11. The van der Waals surface area contributed by atoms with Gasteiger partial charge in [-0.1, -0.05) is 30.3 Å². The molecule has 4 nitrogen and oxygen atoms in total. The van der Waals surface area contributed by atoms with E-state index in [1.54, 1.807) is 34.9 Å². The molecule has 0 atom stereocenters. The summed E-state index contributed by atoms with van der Waals surface area (Å²) in [6.07, 6.45) is 0. The Kier molecular flexibility index (Phi) is 3.84. The van der Waals surface area contributed by atoms with Gasteiger partial charge in [0.2, 0.25) is 0 Å². The molecule has 0 saturated carbocycles. The predicted molar refractivity (Wildman–Crippen MR) is 100 cm³/mol. The summed E-state index contributed by atoms with van der Waals surface area (Å²) in [6, 6.07) is 18.5. The van der Waals surface area contributed by atoms with Crippen molar-refractivity contribution in [2.24, 2.45) is 0 Å². The Bertz CT molecular complexity index is 1070. The van der Waals surface area contributed by atoms with Crippen molar-refractivity contribution in [3.8, 4) is 10.6 Å². The Morgan fingerprint density at radius 1 is 0.958 bits per heavy atom. The average molecular weight is 372 g/mol. The number of anilines is 1. The molecule has 4 aromatic rings. The van der Waals surface area contributed by atoms with Gasteiger partial charge in [-0.3, -0.25) is 4.72 Å². The number of para-hydroxylation sites is 1. The molecular formula is C17H12N2O2S3. The van der Waals surface area contributed by atoms with Crippen molar-refractivity contribution in [2.75, 3.05) is 4.72 Å². The molecule has 0 bridgehead atoms. The van der Waals surface area contributed by atoms with Crippen molar-refractivity contribution >= 4 is 48.6 Å². The molecule has 7 heteroatoms. The van der Waals surface area contributed by atoms with Gasteiger partial charge < -0.3 is 0 Å². The standard InChI is InChI=1S/C17H12N2O2S3/c20-24(21,16-9-4-10-22-16)19-13-6-3-5-12(11-13)17-18-14-7-1-2-8-15(14)23-17/h1-11,19H. The monoisotopic (exact) mass is 372 g/mol. The van der Waals surface area contributed by atoms with Gasteiger partial charge in [-0.15, -0.1) is 22.7 Å². The zero-order valence-corrected chi connectivity index (χ0v) is 14.8. The van der Waals surface area contributed by atoms with E-state index in [2.05, 4.69) is 9.71 Å². The Balaban J connectivity index is 1.69. The van der Waals surface area contributed by atoms with Gasteiger partial charge in [-0.05, 0) is 35.7 Å². The number of nitrogens with zero attached hydrogens (tertiary/aromatic N) is 1. The van der Waals surface area contributed by atoms with Crippen LogP contribution < -0.4 is 4.72 Å². The van der Waals surface area contributed by atoms with Gasteiger partial charge in [0.25, 0.3) is 10.0 Å². The van der Waals surface area contributed by atoms with Gasteiger partial charge in [0.15, 0.2) is 0 Å². The first-order valence-electron chi connectivity index (χ1n) is 7.14. The quantitative estimate of drug-likeness (QED) is 0.558. The summed E-state index contributed by atoms with van der Waals surface area (Å²) < 4.78 is 28.7. The molecule has 0 aliphatic carbocycles. The third kappa shape index (κ3) is 2.93. The number of thiazole rings is 1. The van der Waals surface area contributed by atoms with Crippen LogP contribution in [0.25, 0.3) is 20.8 Å². The molecule has 0 aliphatic heterocycles. The number of hydrogen-bond donors (Lipinski definition) is 1. The summed E-state index contributed by atoms with van der Waals surface area (Å²) in [4.78, 5) is 4.61. The van der Waals surface area contributed by atoms with Crippen molar-refractivity contribution in [3.05, 3.63) is 66.0 Å². The lowest BCUT2D eigenvalue weighted by atomic mass is 10.2. The second-order valence-corrected chi connectivity index (χ2v) is 8.99. The van der Waals surface area contributed by atoms with E-state index >= 15 is 0 Å². The fourth-order valence-corrected chi connectivity index (χ4v) is 5.34. The molecule has 0 amide bonds. The molecule has 2 heterocycles. The van der Waals surface area contributed by atoms with Crippen molar-refractivity contribution in [3.63, 3.8) is 0 Å². The molecule has 2 aromatic carbocycles. The van der Waals surface area contributed by atoms with Gasteiger partial charge in [-0.2, -0.15) is 0 Å². The molecule has 4 rings (SSSR count). The van der Waals surface area contributed by atoms with Gasteiger partial charge in [0, 0.05) is 11.3 Å². The van der Waals surface area contributed by atoms with Crippen molar-refractivity contribution in [1.29, 1.82) is 0 Å². The molecule has 0 aliphatic rings. The number of fused-ring (bicyclic) bond motifs is 1. The minimum absolute atomic E-state index is 0.299. The number of hydrogen-bond acceptors (Lipinski definition) is 5. The van der Waals surface area contributed by atoms with Gasteiger partial charge in [0.05, 0.1) is 10.2 Å². The maximum atomic E-state index is 12.3. The van der Waals surface area contributed by atoms with E-state index < -0.39 is 10.0 Å². The summed E-state index contributed by atoms with van der Waals surface area (Å²) in [5.41, 5.74) is 2.37. The normalized spacial score (nSPS) is 11.7. The second kappa shape index (κ2) is 6.01. The maximum absolute atomic E-state index is 12.3. The molecule has 120 valence electrons. The first-order chi connectivity index (χ1) is 11.6. The molecule has 0 fully saturated rings. The number of thiophene rings is 1. The topological polar surface area (TPSA) is 59.1 Å². The zero-order valence-electron chi connectivity index (χ0n) is 12.3. The van der Waals surface area contributed by atoms with Crippen molar-refractivity contribution in [2.45, 2.75) is 4.21 Å². The summed E-state index contributed by atoms with van der Waals surface area (Å²) >= 11 is 2.78. The van der Waals surface area contributed by atoms with E-state index in [-0.39, 0.29) is 0 Å². The SMILES string of the molecule is O=S(=O)(Nc1cccc(-c2nc3ccccc3s2)c1)c1cccs1. The van der Waals surface area contributed by atoms with Crippen molar-refractivity contribution < 1.29 is 8.42 Å². The number of nitrogens with one attached hydrogen (secondary N) is 1. The third-order valence-electron chi connectivity index (χ3n) is 3.42. The Morgan fingerprint density at radius 3 is 2.62 bits per heavy atom. The van der Waals surface area contributed by atoms with Crippen LogP contribution in [-0.4, -0.2) is 13.4 Å². The van der Waals surface area contributed by atoms with Gasteiger partial charge >= 0.3 is 0 Å². The third-order valence-corrected chi connectivity index (χ3v) is 7.28. The molecule has 0 radical (unpaired) electrons. The minimum Gasteiger partial charge on any atom is -0.279 e. The minimum atomic E-state index is -3.54. The number of rotatable bonds is 4. The van der Waals surface area contributed by atoms with Crippen LogP contribution in [0.5, 0.6) is 0 Å². The highest BCUT2D eigenvalue weighted by atomic mass is 32.2. The molecule has 0 saturated heterocycles. The van der Waals surface area contributed by atoms with E-state index in [1.165, 1.54) is 11.3 Å². The highest BCUT2D eigenvalue weighted by molar-refractivity contribution is 7.94. The van der Waals surface area contributed by atoms with Crippen LogP contribution in [0.1, 0.15) is 0 Å². The highest BCUT2D eigenvalue weighted by Crippen LogP contribution is 2.31. The summed E-state index contributed by atoms with van der Waals surface area (Å²) in [7, 11) is -3.54. The van der Waals surface area contributed by atoms with Crippen LogP contribution in [-0.2, 0) is 10.0 Å². The Morgan fingerprint density at radius 2 is 1.83 bits per heavy atom. The summed E-state index contributed by atoms with van der Waals surface area (Å²) in [5, 5.41) is 2.61. The first-order valence-corrected chi connectivity index (χ1v) is 10.3. The molecule has 1 N–H and O–H groups in total. The highest BCUT2D eigenvalue weighted by Gasteiger charge is 2.15. The predicted octanol–water partition coefficient (Wildman–Crippen LogP) is 4.83. The van der Waals surface area contributed by atoms with Crippen LogP contribution >= 0.6 is 22.7 Å². The van der Waals surface area contributed by atoms with E-state index in [0.29, 0.717) is 9.90 Å². The number of aromatic nitrogens is 1. The van der Waals surface area contributed by atoms with Crippen LogP contribution in [0.15, 0.2) is 70.3 Å². The molecule has 0 unspecified atom stereocenters. The van der Waals surface area contributed by atoms with E-state index in [0.717, 1.165) is 20.8 Å². The molecule has 2 aromatic heterocycles. The van der Waals surface area contributed by atoms with Crippen LogP contribution in [0.4, 0.5) is 5.69 Å². The van der Waals surface area contributed by atoms with Gasteiger partial charge in [-0.25, -0.2) is 13.4 Å². The molecular weight excluding hydrogens is 360 g/mol. The van der Waals surface area contributed by atoms with Crippen LogP contribution in [0.3, 0.4) is 0 Å². The van der Waals surface area contributed by atoms with E-state index in [9.17, 15) is 8.42 Å². The smallest absolute Gasteiger partial charge is 0.271 e. The molecule has 0 spiro atoms. The summed E-state index contributed by atoms with van der Waals surface area (Å²) in [5.74, 6) is 0. The van der Waals surface area contributed by atoms with Crippen LogP contribution in [0.2, 0.25) is 0 Å². The average Bonchev–Trinajstić information content (AvgIpc) is 3.24. The van der Waals surface area contributed by atoms with Gasteiger partial charge in [0.1, 0.15) is 9.22 Å². The number of benzene rings is 2. The maximum Gasteiger partial charge on any atom is 0.271 e. The lowest BCUT2D eigenvalue weighted by molar-refractivity contribution is 0.603. The lowest BCUT2D eigenvalue weighted by Crippen LogP contribution is -2.11. The first kappa shape index (κ1) is 15.3. The fourth-order valence-electron chi connectivity index (χ4n) is 2.33. The fraction of sp³-hybridized carbons (Fsp3) is 0.